The van der Waals surface area contributed by atoms with Crippen LogP contribution in [-0.4, -0.2) is 24.5 Å². The lowest BCUT2D eigenvalue weighted by molar-refractivity contribution is -0.125. The van der Waals surface area contributed by atoms with Crippen molar-refractivity contribution in [2.75, 3.05) is 6.61 Å². The van der Waals surface area contributed by atoms with Crippen molar-refractivity contribution >= 4 is 11.9 Å². The van der Waals surface area contributed by atoms with Crippen LogP contribution in [0.5, 0.6) is 0 Å². The number of amides is 1. The maximum atomic E-state index is 12.5. The van der Waals surface area contributed by atoms with E-state index in [1.807, 2.05) is 42.5 Å². The van der Waals surface area contributed by atoms with E-state index < -0.39 is 5.97 Å². The molecule has 2 aromatic rings. The third-order valence-electron chi connectivity index (χ3n) is 5.62. The second-order valence-corrected chi connectivity index (χ2v) is 7.43. The minimum Gasteiger partial charge on any atom is -0.452 e. The summed E-state index contributed by atoms with van der Waals surface area (Å²) in [6, 6.07) is 17.2. The van der Waals surface area contributed by atoms with E-state index in [0.29, 0.717) is 17.4 Å². The fourth-order valence-corrected chi connectivity index (χ4v) is 3.77. The van der Waals surface area contributed by atoms with Crippen LogP contribution in [-0.2, 0) is 9.53 Å². The van der Waals surface area contributed by atoms with E-state index >= 15 is 0 Å². The van der Waals surface area contributed by atoms with Gasteiger partial charge in [-0.05, 0) is 35.4 Å². The third-order valence-corrected chi connectivity index (χ3v) is 5.62. The van der Waals surface area contributed by atoms with Gasteiger partial charge in [0.25, 0.3) is 5.91 Å². The first-order valence-electron chi connectivity index (χ1n) is 9.67. The molecule has 3 rings (SSSR count). The molecule has 142 valence electrons. The largest absolute Gasteiger partial charge is 0.452 e. The standard InChI is InChI=1S/C23H27NO3/c1-16-9-8-14-21(17(16)2)24-22(25)15-27-23(26)20-13-7-6-12-19(20)18-10-4-3-5-11-18/h3-7,10-13,16-17,21H,8-9,14-15H2,1-2H3,(H,24,25)/t16-,17-,21+/m1/s1. The first kappa shape index (κ1) is 19.2. The zero-order chi connectivity index (χ0) is 19.2. The molecule has 1 N–H and O–H groups in total. The number of nitrogens with one attached hydrogen (secondary N) is 1. The number of carbonyl (C=O) groups excluding carboxylic acids is 2. The first-order valence-corrected chi connectivity index (χ1v) is 9.67. The van der Waals surface area contributed by atoms with Crippen LogP contribution in [0.2, 0.25) is 0 Å². The van der Waals surface area contributed by atoms with Crippen LogP contribution in [0.3, 0.4) is 0 Å². The Bertz CT molecular complexity index is 787. The number of benzene rings is 2. The van der Waals surface area contributed by atoms with E-state index in [0.717, 1.165) is 24.0 Å². The number of esters is 1. The molecule has 0 saturated heterocycles. The molecule has 1 amide bonds. The van der Waals surface area contributed by atoms with Crippen molar-refractivity contribution in [2.24, 2.45) is 11.8 Å². The Labute approximate surface area is 160 Å². The van der Waals surface area contributed by atoms with Gasteiger partial charge in [0, 0.05) is 6.04 Å². The second-order valence-electron chi connectivity index (χ2n) is 7.43. The first-order chi connectivity index (χ1) is 13.1. The highest BCUT2D eigenvalue weighted by Crippen LogP contribution is 2.29. The minimum atomic E-state index is -0.477. The molecule has 0 radical (unpaired) electrons. The Balaban J connectivity index is 1.61. The Morgan fingerprint density at radius 2 is 1.70 bits per heavy atom. The molecular formula is C23H27NO3. The maximum absolute atomic E-state index is 12.5. The quantitative estimate of drug-likeness (QED) is 0.797. The van der Waals surface area contributed by atoms with Crippen molar-refractivity contribution in [3.05, 3.63) is 60.2 Å². The Kier molecular flexibility index (Phi) is 6.28. The highest BCUT2D eigenvalue weighted by Gasteiger charge is 2.28. The monoisotopic (exact) mass is 365 g/mol. The zero-order valence-corrected chi connectivity index (χ0v) is 16.0. The molecule has 1 saturated carbocycles. The van der Waals surface area contributed by atoms with Gasteiger partial charge in [0.1, 0.15) is 0 Å². The summed E-state index contributed by atoms with van der Waals surface area (Å²) in [6.07, 6.45) is 3.32. The van der Waals surface area contributed by atoms with Crippen LogP contribution in [0, 0.1) is 11.8 Å². The van der Waals surface area contributed by atoms with Gasteiger partial charge in [0.15, 0.2) is 6.61 Å². The minimum absolute atomic E-state index is 0.163. The smallest absolute Gasteiger partial charge is 0.339 e. The molecule has 27 heavy (non-hydrogen) atoms. The zero-order valence-electron chi connectivity index (χ0n) is 16.0. The van der Waals surface area contributed by atoms with Crippen LogP contribution < -0.4 is 5.32 Å². The van der Waals surface area contributed by atoms with E-state index in [2.05, 4.69) is 19.2 Å². The van der Waals surface area contributed by atoms with E-state index in [4.69, 9.17) is 4.74 Å². The molecule has 1 aliphatic carbocycles. The summed E-state index contributed by atoms with van der Waals surface area (Å²) in [4.78, 5) is 24.8. The van der Waals surface area contributed by atoms with Crippen LogP contribution in [0.4, 0.5) is 0 Å². The van der Waals surface area contributed by atoms with E-state index in [1.165, 1.54) is 6.42 Å². The molecule has 4 heteroatoms. The molecule has 0 spiro atoms. The van der Waals surface area contributed by atoms with Crippen molar-refractivity contribution in [3.8, 4) is 11.1 Å². The number of rotatable bonds is 5. The van der Waals surface area contributed by atoms with E-state index in [9.17, 15) is 9.59 Å². The van der Waals surface area contributed by atoms with Crippen LogP contribution in [0.1, 0.15) is 43.5 Å². The highest BCUT2D eigenvalue weighted by atomic mass is 16.5. The summed E-state index contributed by atoms with van der Waals surface area (Å²) >= 11 is 0. The number of carbonyl (C=O) groups is 2. The molecule has 2 aromatic carbocycles. The van der Waals surface area contributed by atoms with Crippen LogP contribution >= 0.6 is 0 Å². The SMILES string of the molecule is C[C@@H]1[C@H](C)CCC[C@@H]1NC(=O)COC(=O)c1ccccc1-c1ccccc1. The van der Waals surface area contributed by atoms with Gasteiger partial charge in [-0.15, -0.1) is 0 Å². The molecule has 0 heterocycles. The predicted molar refractivity (Wildman–Crippen MR) is 106 cm³/mol. The molecule has 0 aliphatic heterocycles. The lowest BCUT2D eigenvalue weighted by Crippen LogP contribution is -2.45. The molecule has 0 unspecified atom stereocenters. The molecule has 0 bridgehead atoms. The molecule has 4 nitrogen and oxygen atoms in total. The predicted octanol–water partition coefficient (Wildman–Crippen LogP) is 4.45. The second kappa shape index (κ2) is 8.85. The van der Waals surface area contributed by atoms with E-state index in [-0.39, 0.29) is 18.6 Å². The maximum Gasteiger partial charge on any atom is 0.339 e. The number of hydrogen-bond acceptors (Lipinski definition) is 3. The summed E-state index contributed by atoms with van der Waals surface area (Å²) in [5.41, 5.74) is 2.22. The van der Waals surface area contributed by atoms with Crippen LogP contribution in [0.25, 0.3) is 11.1 Å². The summed E-state index contributed by atoms with van der Waals surface area (Å²) in [7, 11) is 0. The normalized spacial score (nSPS) is 22.1. The van der Waals surface area contributed by atoms with Gasteiger partial charge in [-0.25, -0.2) is 4.79 Å². The van der Waals surface area contributed by atoms with Crippen molar-refractivity contribution in [3.63, 3.8) is 0 Å². The van der Waals surface area contributed by atoms with Crippen molar-refractivity contribution < 1.29 is 14.3 Å². The molecule has 0 aromatic heterocycles. The van der Waals surface area contributed by atoms with Crippen molar-refractivity contribution in [1.29, 1.82) is 0 Å². The molecule has 3 atom stereocenters. The Morgan fingerprint density at radius 1 is 1.00 bits per heavy atom. The summed E-state index contributed by atoms with van der Waals surface area (Å²) < 4.78 is 5.30. The lowest BCUT2D eigenvalue weighted by atomic mass is 9.78. The Morgan fingerprint density at radius 3 is 2.48 bits per heavy atom. The summed E-state index contributed by atoms with van der Waals surface area (Å²) in [6.45, 7) is 4.15. The summed E-state index contributed by atoms with van der Waals surface area (Å²) in [5, 5.41) is 3.04. The van der Waals surface area contributed by atoms with Crippen molar-refractivity contribution in [2.45, 2.75) is 39.2 Å². The molecule has 1 fully saturated rings. The van der Waals surface area contributed by atoms with Gasteiger partial charge >= 0.3 is 5.97 Å². The topological polar surface area (TPSA) is 55.4 Å². The fraction of sp³-hybridized carbons (Fsp3) is 0.391. The highest BCUT2D eigenvalue weighted by molar-refractivity contribution is 5.98. The molecule has 1 aliphatic rings. The summed E-state index contributed by atoms with van der Waals surface area (Å²) in [5.74, 6) is 0.336. The number of hydrogen-bond donors (Lipinski definition) is 1. The van der Waals surface area contributed by atoms with E-state index in [1.54, 1.807) is 12.1 Å². The van der Waals surface area contributed by atoms with Crippen molar-refractivity contribution in [1.82, 2.24) is 5.32 Å². The number of ether oxygens (including phenoxy) is 1. The van der Waals surface area contributed by atoms with Gasteiger partial charge in [-0.2, -0.15) is 0 Å². The third kappa shape index (κ3) is 4.76. The molecular weight excluding hydrogens is 338 g/mol. The van der Waals surface area contributed by atoms with Gasteiger partial charge in [-0.3, -0.25) is 4.79 Å². The average molecular weight is 365 g/mol. The average Bonchev–Trinajstić information content (AvgIpc) is 2.70. The Hall–Kier alpha value is -2.62. The lowest BCUT2D eigenvalue weighted by Gasteiger charge is -2.34. The van der Waals surface area contributed by atoms with Gasteiger partial charge in [0.05, 0.1) is 5.56 Å². The van der Waals surface area contributed by atoms with Gasteiger partial charge < -0.3 is 10.1 Å². The van der Waals surface area contributed by atoms with Gasteiger partial charge in [-0.1, -0.05) is 75.2 Å². The van der Waals surface area contributed by atoms with Gasteiger partial charge in [0.2, 0.25) is 0 Å². The fourth-order valence-electron chi connectivity index (χ4n) is 3.77. The van der Waals surface area contributed by atoms with Crippen LogP contribution in [0.15, 0.2) is 54.6 Å².